The summed E-state index contributed by atoms with van der Waals surface area (Å²) in [4.78, 5) is 28.4. The number of rotatable bonds is 4. The highest BCUT2D eigenvalue weighted by Gasteiger charge is 2.23. The number of amides is 2. The lowest BCUT2D eigenvalue weighted by molar-refractivity contribution is -0.130. The van der Waals surface area contributed by atoms with E-state index in [0.29, 0.717) is 31.6 Å². The third-order valence-corrected chi connectivity index (χ3v) is 4.54. The van der Waals surface area contributed by atoms with Gasteiger partial charge in [0.1, 0.15) is 5.75 Å². The summed E-state index contributed by atoms with van der Waals surface area (Å²) in [7, 11) is 1.65. The number of nitrogens with zero attached hydrogens (tertiary/aromatic N) is 2. The SMILES string of the molecule is CCC(=O)N1CCCN(C(=O)c2ccc(OC)c(C(C)C)c2)CC1. The molecule has 0 saturated carbocycles. The molecular weight excluding hydrogens is 304 g/mol. The third-order valence-electron chi connectivity index (χ3n) is 4.54. The highest BCUT2D eigenvalue weighted by Crippen LogP contribution is 2.27. The van der Waals surface area contributed by atoms with Crippen molar-refractivity contribution in [2.24, 2.45) is 0 Å². The molecule has 2 rings (SSSR count). The van der Waals surface area contributed by atoms with Crippen LogP contribution in [0.25, 0.3) is 0 Å². The monoisotopic (exact) mass is 332 g/mol. The van der Waals surface area contributed by atoms with Crippen LogP contribution in [0.15, 0.2) is 18.2 Å². The van der Waals surface area contributed by atoms with Crippen LogP contribution in [-0.4, -0.2) is 54.9 Å². The first-order valence-corrected chi connectivity index (χ1v) is 8.72. The van der Waals surface area contributed by atoms with Gasteiger partial charge < -0.3 is 14.5 Å². The molecule has 0 unspecified atom stereocenters. The molecule has 132 valence electrons. The Morgan fingerprint density at radius 1 is 1.12 bits per heavy atom. The molecule has 0 radical (unpaired) electrons. The molecule has 0 aliphatic carbocycles. The Morgan fingerprint density at radius 2 is 1.79 bits per heavy atom. The van der Waals surface area contributed by atoms with Crippen molar-refractivity contribution >= 4 is 11.8 Å². The summed E-state index contributed by atoms with van der Waals surface area (Å²) >= 11 is 0. The van der Waals surface area contributed by atoms with E-state index >= 15 is 0 Å². The highest BCUT2D eigenvalue weighted by molar-refractivity contribution is 5.94. The van der Waals surface area contributed by atoms with Gasteiger partial charge in [-0.05, 0) is 36.1 Å². The van der Waals surface area contributed by atoms with Gasteiger partial charge in [-0.15, -0.1) is 0 Å². The Bertz CT molecular complexity index is 598. The Hall–Kier alpha value is -2.04. The first kappa shape index (κ1) is 18.3. The van der Waals surface area contributed by atoms with Crippen molar-refractivity contribution in [3.05, 3.63) is 29.3 Å². The zero-order valence-corrected chi connectivity index (χ0v) is 15.2. The van der Waals surface area contributed by atoms with E-state index < -0.39 is 0 Å². The minimum absolute atomic E-state index is 0.0327. The van der Waals surface area contributed by atoms with E-state index in [-0.39, 0.29) is 17.7 Å². The highest BCUT2D eigenvalue weighted by atomic mass is 16.5. The summed E-state index contributed by atoms with van der Waals surface area (Å²) in [5, 5.41) is 0. The van der Waals surface area contributed by atoms with E-state index in [2.05, 4.69) is 13.8 Å². The first-order chi connectivity index (χ1) is 11.5. The molecule has 0 N–H and O–H groups in total. The topological polar surface area (TPSA) is 49.9 Å². The minimum atomic E-state index is 0.0327. The van der Waals surface area contributed by atoms with Crippen LogP contribution in [0.4, 0.5) is 0 Å². The predicted octanol–water partition coefficient (Wildman–Crippen LogP) is 2.90. The van der Waals surface area contributed by atoms with E-state index in [0.717, 1.165) is 24.3 Å². The molecule has 1 saturated heterocycles. The first-order valence-electron chi connectivity index (χ1n) is 8.72. The largest absolute Gasteiger partial charge is 0.496 e. The molecule has 2 amide bonds. The average molecular weight is 332 g/mol. The fourth-order valence-corrected chi connectivity index (χ4v) is 3.09. The number of benzene rings is 1. The number of hydrogen-bond acceptors (Lipinski definition) is 3. The number of carbonyl (C=O) groups excluding carboxylic acids is 2. The van der Waals surface area contributed by atoms with Gasteiger partial charge in [0.15, 0.2) is 0 Å². The van der Waals surface area contributed by atoms with Crippen LogP contribution >= 0.6 is 0 Å². The summed E-state index contributed by atoms with van der Waals surface area (Å²) in [6.07, 6.45) is 1.34. The minimum Gasteiger partial charge on any atom is -0.496 e. The van der Waals surface area contributed by atoms with Crippen LogP contribution in [0.5, 0.6) is 5.75 Å². The van der Waals surface area contributed by atoms with Crippen molar-refractivity contribution < 1.29 is 14.3 Å². The van der Waals surface area contributed by atoms with Crippen molar-refractivity contribution in [2.45, 2.75) is 39.5 Å². The van der Waals surface area contributed by atoms with Gasteiger partial charge in [0.2, 0.25) is 5.91 Å². The Morgan fingerprint density at radius 3 is 2.42 bits per heavy atom. The van der Waals surface area contributed by atoms with E-state index in [1.54, 1.807) is 7.11 Å². The molecule has 1 heterocycles. The van der Waals surface area contributed by atoms with Crippen molar-refractivity contribution in [2.75, 3.05) is 33.3 Å². The fourth-order valence-electron chi connectivity index (χ4n) is 3.09. The molecule has 0 spiro atoms. The zero-order chi connectivity index (χ0) is 17.7. The van der Waals surface area contributed by atoms with Crippen molar-refractivity contribution in [1.29, 1.82) is 0 Å². The summed E-state index contributed by atoms with van der Waals surface area (Å²) in [6, 6.07) is 5.63. The molecule has 5 heteroatoms. The maximum Gasteiger partial charge on any atom is 0.253 e. The molecule has 1 aliphatic heterocycles. The van der Waals surface area contributed by atoms with Gasteiger partial charge in [-0.25, -0.2) is 0 Å². The van der Waals surface area contributed by atoms with Crippen LogP contribution < -0.4 is 4.74 Å². The van der Waals surface area contributed by atoms with Crippen molar-refractivity contribution in [3.63, 3.8) is 0 Å². The van der Waals surface area contributed by atoms with Gasteiger partial charge in [0.05, 0.1) is 7.11 Å². The van der Waals surface area contributed by atoms with Crippen LogP contribution in [0.1, 0.15) is 55.5 Å². The number of ether oxygens (including phenoxy) is 1. The van der Waals surface area contributed by atoms with Gasteiger partial charge in [-0.3, -0.25) is 9.59 Å². The second-order valence-corrected chi connectivity index (χ2v) is 6.49. The van der Waals surface area contributed by atoms with Crippen LogP contribution in [-0.2, 0) is 4.79 Å². The Labute approximate surface area is 144 Å². The number of methoxy groups -OCH3 is 1. The number of carbonyl (C=O) groups is 2. The lowest BCUT2D eigenvalue weighted by Gasteiger charge is -2.22. The van der Waals surface area contributed by atoms with Gasteiger partial charge in [-0.1, -0.05) is 20.8 Å². The molecule has 0 aromatic heterocycles. The lowest BCUT2D eigenvalue weighted by Crippen LogP contribution is -2.37. The standard InChI is InChI=1S/C19H28N2O3/c1-5-18(22)20-9-6-10-21(12-11-20)19(23)15-7-8-17(24-4)16(13-15)14(2)3/h7-8,13-14H,5-6,9-12H2,1-4H3. The van der Waals surface area contributed by atoms with E-state index in [1.165, 1.54) is 0 Å². The molecule has 1 fully saturated rings. The quantitative estimate of drug-likeness (QED) is 0.852. The maximum absolute atomic E-state index is 12.9. The Balaban J connectivity index is 2.14. The average Bonchev–Trinajstić information content (AvgIpc) is 2.85. The van der Waals surface area contributed by atoms with Crippen LogP contribution in [0.2, 0.25) is 0 Å². The van der Waals surface area contributed by atoms with Crippen LogP contribution in [0, 0.1) is 0 Å². The van der Waals surface area contributed by atoms with E-state index in [9.17, 15) is 9.59 Å². The smallest absolute Gasteiger partial charge is 0.253 e. The molecule has 24 heavy (non-hydrogen) atoms. The summed E-state index contributed by atoms with van der Waals surface area (Å²) in [5.74, 6) is 1.30. The molecule has 1 aromatic carbocycles. The molecule has 1 aromatic rings. The van der Waals surface area contributed by atoms with Gasteiger partial charge in [0, 0.05) is 38.2 Å². The van der Waals surface area contributed by atoms with Crippen molar-refractivity contribution in [1.82, 2.24) is 9.80 Å². The molecule has 0 atom stereocenters. The van der Waals surface area contributed by atoms with Gasteiger partial charge in [-0.2, -0.15) is 0 Å². The van der Waals surface area contributed by atoms with E-state index in [1.807, 2.05) is 34.9 Å². The fraction of sp³-hybridized carbons (Fsp3) is 0.579. The maximum atomic E-state index is 12.9. The molecule has 0 bridgehead atoms. The van der Waals surface area contributed by atoms with Gasteiger partial charge in [0.25, 0.3) is 5.91 Å². The molecule has 1 aliphatic rings. The third kappa shape index (κ3) is 4.08. The lowest BCUT2D eigenvalue weighted by atomic mass is 9.99. The van der Waals surface area contributed by atoms with E-state index in [4.69, 9.17) is 4.74 Å². The zero-order valence-electron chi connectivity index (χ0n) is 15.2. The summed E-state index contributed by atoms with van der Waals surface area (Å²) in [5.41, 5.74) is 1.73. The van der Waals surface area contributed by atoms with Crippen molar-refractivity contribution in [3.8, 4) is 5.75 Å². The second-order valence-electron chi connectivity index (χ2n) is 6.49. The summed E-state index contributed by atoms with van der Waals surface area (Å²) < 4.78 is 5.39. The van der Waals surface area contributed by atoms with Crippen LogP contribution in [0.3, 0.4) is 0 Å². The molecule has 5 nitrogen and oxygen atoms in total. The molecular formula is C19H28N2O3. The number of hydrogen-bond donors (Lipinski definition) is 0. The predicted molar refractivity (Wildman–Crippen MR) is 94.5 cm³/mol. The normalized spacial score (nSPS) is 15.4. The summed E-state index contributed by atoms with van der Waals surface area (Å²) in [6.45, 7) is 8.68. The Kier molecular flexibility index (Phi) is 6.23. The second kappa shape index (κ2) is 8.18. The van der Waals surface area contributed by atoms with Gasteiger partial charge >= 0.3 is 0 Å².